The maximum atomic E-state index is 9.85. The van der Waals surface area contributed by atoms with Crippen molar-refractivity contribution < 1.29 is 9.09 Å². The van der Waals surface area contributed by atoms with Gasteiger partial charge in [0.15, 0.2) is 0 Å². The molecule has 0 aliphatic carbocycles. The van der Waals surface area contributed by atoms with E-state index in [9.17, 15) is 4.57 Å². The molecule has 0 aromatic heterocycles. The quantitative estimate of drug-likeness (QED) is 0.637. The van der Waals surface area contributed by atoms with E-state index in [-0.39, 0.29) is 23.5 Å². The second-order valence-electron chi connectivity index (χ2n) is 1.48. The van der Waals surface area contributed by atoms with Crippen molar-refractivity contribution in [1.29, 1.82) is 0 Å². The Hall–Kier alpha value is -0.880. The van der Waals surface area contributed by atoms with Crippen LogP contribution in [-0.2, 0) is 4.57 Å². The first kappa shape index (κ1) is 12.8. The lowest BCUT2D eigenvalue weighted by molar-refractivity contribution is 0.525. The molecule has 0 N–H and O–H groups in total. The zero-order valence-electron chi connectivity index (χ0n) is 4.65. The van der Waals surface area contributed by atoms with Crippen LogP contribution in [-0.4, -0.2) is 0 Å². The largest absolute Gasteiger partial charge is 0.408 e. The molecule has 0 unspecified atom stereocenters. The fourth-order valence-electron chi connectivity index (χ4n) is 0.524. The zero-order valence-corrected chi connectivity index (χ0v) is 5.54. The number of benzene rings is 1. The predicted molar refractivity (Wildman–Crippen MR) is 48.1 cm³/mol. The van der Waals surface area contributed by atoms with E-state index in [4.69, 9.17) is 0 Å². The van der Waals surface area contributed by atoms with Crippen molar-refractivity contribution in [2.45, 2.75) is 14.9 Å². The van der Waals surface area contributed by atoms with Crippen molar-refractivity contribution in [3.8, 4) is 5.75 Å². The van der Waals surface area contributed by atoms with E-state index < -0.39 is 0 Å². The molecule has 0 amide bonds. The first-order valence-corrected chi connectivity index (χ1v) is 3.21. The van der Waals surface area contributed by atoms with Crippen LogP contribution >= 0.6 is 8.69 Å². The Kier molecular flexibility index (Phi) is 8.39. The third-order valence-electron chi connectivity index (χ3n) is 0.886. The fraction of sp³-hybridized carbons (Fsp3) is 0.250. The minimum absolute atomic E-state index is 0. The highest BCUT2D eigenvalue weighted by Crippen LogP contribution is 2.12. The van der Waals surface area contributed by atoms with Crippen molar-refractivity contribution in [2.24, 2.45) is 0 Å². The molecule has 0 heterocycles. The molecule has 0 radical (unpaired) electrons. The molecule has 0 atom stereocenters. The Morgan fingerprint density at radius 1 is 1.09 bits per heavy atom. The predicted octanol–water partition coefficient (Wildman–Crippen LogP) is 3.54. The van der Waals surface area contributed by atoms with E-state index in [1.807, 2.05) is 18.2 Å². The SMILES string of the molecule is C.C.O=POc1ccccc1. The van der Waals surface area contributed by atoms with Crippen LogP contribution in [0.3, 0.4) is 0 Å². The van der Waals surface area contributed by atoms with Crippen LogP contribution in [0.25, 0.3) is 0 Å². The Labute approximate surface area is 69.5 Å². The van der Waals surface area contributed by atoms with Crippen LogP contribution in [0.1, 0.15) is 14.9 Å². The first-order chi connectivity index (χ1) is 4.43. The van der Waals surface area contributed by atoms with Crippen molar-refractivity contribution in [2.75, 3.05) is 0 Å². The minimum atomic E-state index is -0.305. The number of rotatable bonds is 2. The molecule has 1 aromatic rings. The Morgan fingerprint density at radius 2 is 1.64 bits per heavy atom. The fourth-order valence-corrected chi connectivity index (χ4v) is 0.732. The maximum absolute atomic E-state index is 9.85. The highest BCUT2D eigenvalue weighted by atomic mass is 31.1. The first-order valence-electron chi connectivity index (χ1n) is 2.48. The molecule has 1 rings (SSSR count). The molecule has 3 heteroatoms. The van der Waals surface area contributed by atoms with Crippen molar-refractivity contribution >= 4 is 8.69 Å². The van der Waals surface area contributed by atoms with Crippen LogP contribution < -0.4 is 4.52 Å². The summed E-state index contributed by atoms with van der Waals surface area (Å²) in [6.45, 7) is 0. The summed E-state index contributed by atoms with van der Waals surface area (Å²) < 4.78 is 14.5. The van der Waals surface area contributed by atoms with Gasteiger partial charge < -0.3 is 4.52 Å². The van der Waals surface area contributed by atoms with Gasteiger partial charge in [-0.3, -0.25) is 0 Å². The van der Waals surface area contributed by atoms with Gasteiger partial charge in [-0.2, -0.15) is 0 Å². The van der Waals surface area contributed by atoms with Gasteiger partial charge in [-0.25, -0.2) is 4.57 Å². The van der Waals surface area contributed by atoms with Crippen LogP contribution in [0.15, 0.2) is 30.3 Å². The highest BCUT2D eigenvalue weighted by Gasteiger charge is 1.85. The molecule has 0 saturated heterocycles. The van der Waals surface area contributed by atoms with E-state index >= 15 is 0 Å². The van der Waals surface area contributed by atoms with Gasteiger partial charge in [-0.1, -0.05) is 33.1 Å². The van der Waals surface area contributed by atoms with Gasteiger partial charge in [0.1, 0.15) is 5.75 Å². The van der Waals surface area contributed by atoms with Crippen LogP contribution in [0.5, 0.6) is 5.75 Å². The van der Waals surface area contributed by atoms with Gasteiger partial charge in [0.05, 0.1) is 0 Å². The van der Waals surface area contributed by atoms with E-state index in [2.05, 4.69) is 4.52 Å². The monoisotopic (exact) mass is 172 g/mol. The van der Waals surface area contributed by atoms with Crippen molar-refractivity contribution in [3.63, 3.8) is 0 Å². The molecule has 0 spiro atoms. The molecule has 0 aliphatic heterocycles. The summed E-state index contributed by atoms with van der Waals surface area (Å²) in [5.74, 6) is 0.620. The van der Waals surface area contributed by atoms with E-state index in [1.54, 1.807) is 12.1 Å². The number of para-hydroxylation sites is 1. The highest BCUT2D eigenvalue weighted by molar-refractivity contribution is 7.17. The molecule has 0 fully saturated rings. The van der Waals surface area contributed by atoms with Gasteiger partial charge >= 0.3 is 8.69 Å². The molecule has 0 bridgehead atoms. The molecular formula is C8H13O2P. The summed E-state index contributed by atoms with van der Waals surface area (Å²) in [4.78, 5) is 0. The van der Waals surface area contributed by atoms with Gasteiger partial charge in [0.25, 0.3) is 0 Å². The molecule has 11 heavy (non-hydrogen) atoms. The number of hydrogen-bond donors (Lipinski definition) is 0. The normalized spacial score (nSPS) is 7.64. The Balaban J connectivity index is 0. The molecule has 0 aliphatic rings. The summed E-state index contributed by atoms with van der Waals surface area (Å²) in [7, 11) is -0.305. The number of hydrogen-bond acceptors (Lipinski definition) is 2. The van der Waals surface area contributed by atoms with E-state index in [0.717, 1.165) is 0 Å². The van der Waals surface area contributed by atoms with Gasteiger partial charge in [-0.15, -0.1) is 0 Å². The summed E-state index contributed by atoms with van der Waals surface area (Å²) in [5, 5.41) is 0. The third kappa shape index (κ3) is 4.51. The summed E-state index contributed by atoms with van der Waals surface area (Å²) in [6.07, 6.45) is 0. The van der Waals surface area contributed by atoms with Crippen molar-refractivity contribution in [3.05, 3.63) is 30.3 Å². The van der Waals surface area contributed by atoms with E-state index in [1.165, 1.54) is 0 Å². The third-order valence-corrected chi connectivity index (χ3v) is 1.17. The topological polar surface area (TPSA) is 26.3 Å². The molecule has 2 nitrogen and oxygen atoms in total. The zero-order chi connectivity index (χ0) is 6.53. The smallest absolute Gasteiger partial charge is 0.395 e. The van der Waals surface area contributed by atoms with Crippen LogP contribution in [0, 0.1) is 0 Å². The average molecular weight is 172 g/mol. The molecular weight excluding hydrogens is 159 g/mol. The standard InChI is InChI=1S/C6H5O2P.2CH4/c7-9-8-6-4-2-1-3-5-6;;/h1-5H;2*1H4. The summed E-state index contributed by atoms with van der Waals surface area (Å²) in [6, 6.07) is 8.99. The molecule has 1 aromatic carbocycles. The average Bonchev–Trinajstić information content (AvgIpc) is 1.91. The second kappa shape index (κ2) is 7.23. The molecule has 0 saturated carbocycles. The van der Waals surface area contributed by atoms with E-state index in [0.29, 0.717) is 5.75 Å². The van der Waals surface area contributed by atoms with Gasteiger partial charge in [0, 0.05) is 0 Å². The second-order valence-corrected chi connectivity index (χ2v) is 1.81. The van der Waals surface area contributed by atoms with Crippen LogP contribution in [0.4, 0.5) is 0 Å². The van der Waals surface area contributed by atoms with Gasteiger partial charge in [0.2, 0.25) is 0 Å². The lowest BCUT2D eigenvalue weighted by atomic mass is 10.3. The lowest BCUT2D eigenvalue weighted by Gasteiger charge is -1.90. The summed E-state index contributed by atoms with van der Waals surface area (Å²) in [5.41, 5.74) is 0. The molecule has 62 valence electrons. The lowest BCUT2D eigenvalue weighted by Crippen LogP contribution is -1.70. The Morgan fingerprint density at radius 3 is 2.09 bits per heavy atom. The van der Waals surface area contributed by atoms with Crippen LogP contribution in [0.2, 0.25) is 0 Å². The van der Waals surface area contributed by atoms with Crippen molar-refractivity contribution in [1.82, 2.24) is 0 Å². The maximum Gasteiger partial charge on any atom is 0.395 e. The summed E-state index contributed by atoms with van der Waals surface area (Å²) >= 11 is 0. The van der Waals surface area contributed by atoms with Gasteiger partial charge in [-0.05, 0) is 12.1 Å². The Bertz CT molecular complexity index is 187. The minimum Gasteiger partial charge on any atom is -0.408 e.